The Labute approximate surface area is 129 Å². The van der Waals surface area contributed by atoms with Crippen molar-refractivity contribution < 1.29 is 4.74 Å². The van der Waals surface area contributed by atoms with E-state index in [-0.39, 0.29) is 6.10 Å². The molecule has 1 aromatic heterocycles. The standard InChI is InChI=1S/C17H31N3O/c1-7-16(21-9-3)17-19-13(5)15(14(6)20-17)10-12(4)11-18-8-2/h12,16,18H,7-11H2,1-6H3. The normalized spacial score (nSPS) is 14.2. The molecule has 0 bridgehead atoms. The molecule has 2 unspecified atom stereocenters. The van der Waals surface area contributed by atoms with Crippen LogP contribution in [0, 0.1) is 19.8 Å². The molecule has 0 saturated heterocycles. The molecule has 1 N–H and O–H groups in total. The van der Waals surface area contributed by atoms with E-state index in [4.69, 9.17) is 14.7 Å². The van der Waals surface area contributed by atoms with Crippen molar-refractivity contribution >= 4 is 0 Å². The molecule has 0 aromatic carbocycles. The van der Waals surface area contributed by atoms with E-state index in [0.717, 1.165) is 43.1 Å². The smallest absolute Gasteiger partial charge is 0.157 e. The minimum absolute atomic E-state index is 0.0145. The average molecular weight is 293 g/mol. The zero-order valence-electron chi connectivity index (χ0n) is 14.5. The Morgan fingerprint density at radius 3 is 2.19 bits per heavy atom. The third-order valence-electron chi connectivity index (χ3n) is 3.76. The SMILES string of the molecule is CCNCC(C)Cc1c(C)nc(C(CC)OCC)nc1C. The third-order valence-corrected chi connectivity index (χ3v) is 3.76. The summed E-state index contributed by atoms with van der Waals surface area (Å²) in [5.74, 6) is 1.42. The lowest BCUT2D eigenvalue weighted by molar-refractivity contribution is 0.0532. The summed E-state index contributed by atoms with van der Waals surface area (Å²) in [5, 5.41) is 3.40. The van der Waals surface area contributed by atoms with Crippen LogP contribution in [0.15, 0.2) is 0 Å². The average Bonchev–Trinajstić information content (AvgIpc) is 2.46. The van der Waals surface area contributed by atoms with Gasteiger partial charge < -0.3 is 10.1 Å². The summed E-state index contributed by atoms with van der Waals surface area (Å²) in [6, 6.07) is 0. The highest BCUT2D eigenvalue weighted by Gasteiger charge is 2.17. The molecule has 0 radical (unpaired) electrons. The van der Waals surface area contributed by atoms with E-state index in [1.54, 1.807) is 0 Å². The van der Waals surface area contributed by atoms with Crippen molar-refractivity contribution in [2.24, 2.45) is 5.92 Å². The molecule has 0 amide bonds. The van der Waals surface area contributed by atoms with Gasteiger partial charge >= 0.3 is 0 Å². The Hall–Kier alpha value is -1.00. The number of ether oxygens (including phenoxy) is 1. The van der Waals surface area contributed by atoms with Crippen LogP contribution in [0.25, 0.3) is 0 Å². The van der Waals surface area contributed by atoms with Crippen LogP contribution in [0.5, 0.6) is 0 Å². The van der Waals surface area contributed by atoms with Crippen molar-refractivity contribution in [2.75, 3.05) is 19.7 Å². The van der Waals surface area contributed by atoms with Gasteiger partial charge in [0, 0.05) is 18.0 Å². The second-order valence-corrected chi connectivity index (χ2v) is 5.70. The maximum Gasteiger partial charge on any atom is 0.157 e. The van der Waals surface area contributed by atoms with Crippen LogP contribution in [-0.2, 0) is 11.2 Å². The first-order chi connectivity index (χ1) is 10.0. The molecule has 120 valence electrons. The highest BCUT2D eigenvalue weighted by atomic mass is 16.5. The lowest BCUT2D eigenvalue weighted by atomic mass is 9.98. The Balaban J connectivity index is 2.89. The fraction of sp³-hybridized carbons (Fsp3) is 0.765. The predicted molar refractivity (Wildman–Crippen MR) is 87.6 cm³/mol. The fourth-order valence-electron chi connectivity index (χ4n) is 2.59. The maximum atomic E-state index is 5.73. The molecule has 1 rings (SSSR count). The Bertz CT molecular complexity index is 411. The molecule has 0 aliphatic heterocycles. The fourth-order valence-corrected chi connectivity index (χ4v) is 2.59. The zero-order valence-corrected chi connectivity index (χ0v) is 14.5. The van der Waals surface area contributed by atoms with E-state index in [0.29, 0.717) is 12.5 Å². The van der Waals surface area contributed by atoms with Crippen LogP contribution in [0.2, 0.25) is 0 Å². The van der Waals surface area contributed by atoms with Gasteiger partial charge in [-0.1, -0.05) is 20.8 Å². The minimum Gasteiger partial charge on any atom is -0.371 e. The molecule has 1 aromatic rings. The molecule has 0 aliphatic carbocycles. The van der Waals surface area contributed by atoms with E-state index >= 15 is 0 Å². The molecule has 0 saturated carbocycles. The van der Waals surface area contributed by atoms with Gasteiger partial charge in [0.25, 0.3) is 0 Å². The molecule has 21 heavy (non-hydrogen) atoms. The number of rotatable bonds is 9. The van der Waals surface area contributed by atoms with Crippen LogP contribution in [-0.4, -0.2) is 29.7 Å². The molecule has 4 heteroatoms. The molecule has 0 fully saturated rings. The van der Waals surface area contributed by atoms with Gasteiger partial charge in [0.15, 0.2) is 5.82 Å². The molecular weight excluding hydrogens is 262 g/mol. The first-order valence-corrected chi connectivity index (χ1v) is 8.19. The molecule has 2 atom stereocenters. The lowest BCUT2D eigenvalue weighted by Crippen LogP contribution is -2.23. The molecular formula is C17H31N3O. The second kappa shape index (κ2) is 9.11. The monoisotopic (exact) mass is 293 g/mol. The van der Waals surface area contributed by atoms with Crippen LogP contribution >= 0.6 is 0 Å². The lowest BCUT2D eigenvalue weighted by Gasteiger charge is -2.19. The predicted octanol–water partition coefficient (Wildman–Crippen LogP) is 3.37. The van der Waals surface area contributed by atoms with Crippen molar-refractivity contribution in [1.82, 2.24) is 15.3 Å². The zero-order chi connectivity index (χ0) is 15.8. The van der Waals surface area contributed by atoms with Crippen molar-refractivity contribution in [3.8, 4) is 0 Å². The second-order valence-electron chi connectivity index (χ2n) is 5.70. The van der Waals surface area contributed by atoms with Gasteiger partial charge in [0.05, 0.1) is 0 Å². The highest BCUT2D eigenvalue weighted by Crippen LogP contribution is 2.21. The van der Waals surface area contributed by atoms with Gasteiger partial charge in [-0.3, -0.25) is 0 Å². The van der Waals surface area contributed by atoms with Gasteiger partial charge in [0.2, 0.25) is 0 Å². The summed E-state index contributed by atoms with van der Waals surface area (Å²) in [5.41, 5.74) is 3.48. The molecule has 4 nitrogen and oxygen atoms in total. The van der Waals surface area contributed by atoms with Crippen molar-refractivity contribution in [1.29, 1.82) is 0 Å². The van der Waals surface area contributed by atoms with Crippen molar-refractivity contribution in [2.45, 2.75) is 60.5 Å². The number of nitrogens with one attached hydrogen (secondary N) is 1. The van der Waals surface area contributed by atoms with Gasteiger partial charge in [-0.15, -0.1) is 0 Å². The number of aromatic nitrogens is 2. The van der Waals surface area contributed by atoms with E-state index in [2.05, 4.69) is 39.9 Å². The number of hydrogen-bond donors (Lipinski definition) is 1. The van der Waals surface area contributed by atoms with E-state index in [1.807, 2.05) is 6.92 Å². The Morgan fingerprint density at radius 1 is 1.10 bits per heavy atom. The summed E-state index contributed by atoms with van der Waals surface area (Å²) >= 11 is 0. The van der Waals surface area contributed by atoms with Gasteiger partial charge in [-0.05, 0) is 58.2 Å². The van der Waals surface area contributed by atoms with Crippen LogP contribution in [0.1, 0.15) is 63.0 Å². The summed E-state index contributed by atoms with van der Waals surface area (Å²) in [6.45, 7) is 15.5. The van der Waals surface area contributed by atoms with E-state index in [1.165, 1.54) is 5.56 Å². The number of nitrogens with zero attached hydrogens (tertiary/aromatic N) is 2. The van der Waals surface area contributed by atoms with Crippen molar-refractivity contribution in [3.05, 3.63) is 22.8 Å². The van der Waals surface area contributed by atoms with Crippen molar-refractivity contribution in [3.63, 3.8) is 0 Å². The van der Waals surface area contributed by atoms with Crippen LogP contribution in [0.4, 0.5) is 0 Å². The quantitative estimate of drug-likeness (QED) is 0.758. The van der Waals surface area contributed by atoms with Gasteiger partial charge in [-0.25, -0.2) is 9.97 Å². The Morgan fingerprint density at radius 2 is 1.71 bits per heavy atom. The van der Waals surface area contributed by atoms with E-state index < -0.39 is 0 Å². The molecule has 1 heterocycles. The minimum atomic E-state index is 0.0145. The number of aryl methyl sites for hydroxylation is 2. The third kappa shape index (κ3) is 5.36. The topological polar surface area (TPSA) is 47.0 Å². The summed E-state index contributed by atoms with van der Waals surface area (Å²) in [6.07, 6.45) is 1.94. The Kier molecular flexibility index (Phi) is 7.83. The van der Waals surface area contributed by atoms with Crippen LogP contribution in [0.3, 0.4) is 0 Å². The largest absolute Gasteiger partial charge is 0.371 e. The first-order valence-electron chi connectivity index (χ1n) is 8.19. The number of hydrogen-bond acceptors (Lipinski definition) is 4. The van der Waals surface area contributed by atoms with Gasteiger partial charge in [-0.2, -0.15) is 0 Å². The first kappa shape index (κ1) is 18.1. The summed E-state index contributed by atoms with van der Waals surface area (Å²) in [7, 11) is 0. The highest BCUT2D eigenvalue weighted by molar-refractivity contribution is 5.25. The summed E-state index contributed by atoms with van der Waals surface area (Å²) in [4.78, 5) is 9.40. The van der Waals surface area contributed by atoms with E-state index in [9.17, 15) is 0 Å². The van der Waals surface area contributed by atoms with Crippen LogP contribution < -0.4 is 5.32 Å². The molecule has 0 aliphatic rings. The molecule has 0 spiro atoms. The van der Waals surface area contributed by atoms with Gasteiger partial charge in [0.1, 0.15) is 6.10 Å². The maximum absolute atomic E-state index is 5.73. The summed E-state index contributed by atoms with van der Waals surface area (Å²) < 4.78 is 5.73.